The van der Waals surface area contributed by atoms with E-state index < -0.39 is 10.0 Å². The third kappa shape index (κ3) is 3.16. The van der Waals surface area contributed by atoms with E-state index in [9.17, 15) is 8.42 Å². The number of nitrogens with zero attached hydrogens (tertiary/aromatic N) is 3. The van der Waals surface area contributed by atoms with Gasteiger partial charge in [-0.2, -0.15) is 0 Å². The Morgan fingerprint density at radius 3 is 2.42 bits per heavy atom. The molecule has 19 heavy (non-hydrogen) atoms. The first-order chi connectivity index (χ1) is 9.01. The molecular weight excluding hydrogens is 266 g/mol. The predicted octanol–water partition coefficient (Wildman–Crippen LogP) is 1.02. The van der Waals surface area contributed by atoms with Crippen molar-refractivity contribution >= 4 is 21.8 Å². The van der Waals surface area contributed by atoms with E-state index in [0.29, 0.717) is 5.95 Å². The largest absolute Gasteiger partial charge is 0.357 e. The van der Waals surface area contributed by atoms with Gasteiger partial charge < -0.3 is 5.32 Å². The highest BCUT2D eigenvalue weighted by Gasteiger charge is 2.16. The average Bonchev–Trinajstić information content (AvgIpc) is 2.38. The normalized spacial score (nSPS) is 11.1. The summed E-state index contributed by atoms with van der Waals surface area (Å²) < 4.78 is 26.5. The number of aromatic nitrogens is 3. The Hall–Kier alpha value is -2.22. The molecule has 0 aliphatic heterocycles. The molecule has 0 aromatic carbocycles. The van der Waals surface area contributed by atoms with Crippen LogP contribution in [0.5, 0.6) is 0 Å². The molecule has 0 saturated carbocycles. The minimum Gasteiger partial charge on any atom is -0.357 e. The SMILES string of the molecule is CNc1ncc(S(=O)(=O)Nc2cc(C)ccn2)cn1. The second-order valence-electron chi connectivity index (χ2n) is 3.82. The molecule has 100 valence electrons. The molecule has 0 fully saturated rings. The van der Waals surface area contributed by atoms with Crippen molar-refractivity contribution in [1.29, 1.82) is 0 Å². The van der Waals surface area contributed by atoms with Crippen LogP contribution in [-0.4, -0.2) is 30.4 Å². The van der Waals surface area contributed by atoms with Crippen LogP contribution < -0.4 is 10.0 Å². The lowest BCUT2D eigenvalue weighted by Crippen LogP contribution is -2.15. The standard InChI is InChI=1S/C11H13N5O2S/c1-8-3-4-13-10(5-8)16-19(17,18)9-6-14-11(12-2)15-7-9/h3-7H,1-2H3,(H,13,16)(H,12,14,15). The van der Waals surface area contributed by atoms with E-state index >= 15 is 0 Å². The molecule has 0 spiro atoms. The summed E-state index contributed by atoms with van der Waals surface area (Å²) in [6.45, 7) is 1.85. The van der Waals surface area contributed by atoms with Gasteiger partial charge >= 0.3 is 0 Å². The van der Waals surface area contributed by atoms with Crippen molar-refractivity contribution in [3.63, 3.8) is 0 Å². The monoisotopic (exact) mass is 279 g/mol. The van der Waals surface area contributed by atoms with Crippen molar-refractivity contribution in [3.05, 3.63) is 36.3 Å². The third-order valence-electron chi connectivity index (χ3n) is 2.32. The molecule has 0 saturated heterocycles. The number of rotatable bonds is 4. The summed E-state index contributed by atoms with van der Waals surface area (Å²) in [7, 11) is -2.07. The van der Waals surface area contributed by atoms with Crippen molar-refractivity contribution in [3.8, 4) is 0 Å². The minimum absolute atomic E-state index is 0.0187. The van der Waals surface area contributed by atoms with Crippen LogP contribution >= 0.6 is 0 Å². The molecule has 2 N–H and O–H groups in total. The highest BCUT2D eigenvalue weighted by Crippen LogP contribution is 2.14. The lowest BCUT2D eigenvalue weighted by Gasteiger charge is -2.07. The van der Waals surface area contributed by atoms with Crippen molar-refractivity contribution in [2.24, 2.45) is 0 Å². The maximum atomic E-state index is 12.1. The summed E-state index contributed by atoms with van der Waals surface area (Å²) in [5.41, 5.74) is 0.912. The van der Waals surface area contributed by atoms with Gasteiger partial charge in [-0.25, -0.2) is 23.4 Å². The number of hydrogen-bond donors (Lipinski definition) is 2. The first kappa shape index (κ1) is 13.2. The van der Waals surface area contributed by atoms with E-state index in [1.165, 1.54) is 18.6 Å². The lowest BCUT2D eigenvalue weighted by molar-refractivity contribution is 0.600. The second-order valence-corrected chi connectivity index (χ2v) is 5.50. The summed E-state index contributed by atoms with van der Waals surface area (Å²) in [4.78, 5) is 11.6. The molecule has 0 bridgehead atoms. The maximum Gasteiger partial charge on any atom is 0.266 e. The number of sulfonamides is 1. The molecule has 2 aromatic heterocycles. The van der Waals surface area contributed by atoms with Crippen molar-refractivity contribution in [2.75, 3.05) is 17.1 Å². The zero-order chi connectivity index (χ0) is 13.9. The first-order valence-corrected chi connectivity index (χ1v) is 6.95. The van der Waals surface area contributed by atoms with E-state index in [1.807, 2.05) is 6.92 Å². The second kappa shape index (κ2) is 5.19. The fraction of sp³-hybridized carbons (Fsp3) is 0.182. The molecule has 7 nitrogen and oxygen atoms in total. The van der Waals surface area contributed by atoms with Gasteiger partial charge in [0.05, 0.1) is 12.4 Å². The molecule has 0 radical (unpaired) electrons. The quantitative estimate of drug-likeness (QED) is 0.867. The Morgan fingerprint density at radius 1 is 1.16 bits per heavy atom. The number of hydrogen-bond acceptors (Lipinski definition) is 6. The Balaban J connectivity index is 2.27. The number of aryl methyl sites for hydroxylation is 1. The summed E-state index contributed by atoms with van der Waals surface area (Å²) in [5, 5.41) is 2.71. The average molecular weight is 279 g/mol. The van der Waals surface area contributed by atoms with Crippen molar-refractivity contribution in [1.82, 2.24) is 15.0 Å². The van der Waals surface area contributed by atoms with Crippen LogP contribution in [0, 0.1) is 6.92 Å². The van der Waals surface area contributed by atoms with Gasteiger partial charge in [-0.15, -0.1) is 0 Å². The molecule has 0 aliphatic carbocycles. The van der Waals surface area contributed by atoms with Gasteiger partial charge in [0.15, 0.2) is 0 Å². The van der Waals surface area contributed by atoms with Crippen molar-refractivity contribution in [2.45, 2.75) is 11.8 Å². The highest BCUT2D eigenvalue weighted by molar-refractivity contribution is 7.92. The molecule has 2 rings (SSSR count). The topological polar surface area (TPSA) is 96.9 Å². The summed E-state index contributed by atoms with van der Waals surface area (Å²) in [6.07, 6.45) is 4.00. The summed E-state index contributed by atoms with van der Waals surface area (Å²) in [5.74, 6) is 0.616. The number of nitrogens with one attached hydrogen (secondary N) is 2. The van der Waals surface area contributed by atoms with Gasteiger partial charge in [0.2, 0.25) is 5.95 Å². The van der Waals surface area contributed by atoms with E-state index in [0.717, 1.165) is 5.56 Å². The Bertz CT molecular complexity index is 670. The molecular formula is C11H13N5O2S. The highest BCUT2D eigenvalue weighted by atomic mass is 32.2. The first-order valence-electron chi connectivity index (χ1n) is 5.46. The van der Waals surface area contributed by atoms with Crippen LogP contribution in [0.15, 0.2) is 35.6 Å². The fourth-order valence-corrected chi connectivity index (χ4v) is 2.26. The summed E-state index contributed by atoms with van der Waals surface area (Å²) >= 11 is 0. The van der Waals surface area contributed by atoms with Crippen LogP contribution in [0.2, 0.25) is 0 Å². The van der Waals surface area contributed by atoms with Gasteiger partial charge in [0.25, 0.3) is 10.0 Å². The minimum atomic E-state index is -3.72. The zero-order valence-corrected chi connectivity index (χ0v) is 11.3. The van der Waals surface area contributed by atoms with Crippen LogP contribution in [0.1, 0.15) is 5.56 Å². The van der Waals surface area contributed by atoms with E-state index in [1.54, 1.807) is 19.2 Å². The molecule has 2 heterocycles. The molecule has 8 heteroatoms. The Morgan fingerprint density at radius 2 is 1.84 bits per heavy atom. The van der Waals surface area contributed by atoms with Gasteiger partial charge in [0.1, 0.15) is 10.7 Å². The molecule has 0 amide bonds. The van der Waals surface area contributed by atoms with Crippen LogP contribution in [0.4, 0.5) is 11.8 Å². The number of pyridine rings is 1. The van der Waals surface area contributed by atoms with E-state index in [-0.39, 0.29) is 10.7 Å². The molecule has 0 unspecified atom stereocenters. The molecule has 0 atom stereocenters. The van der Waals surface area contributed by atoms with E-state index in [2.05, 4.69) is 25.0 Å². The van der Waals surface area contributed by atoms with Gasteiger partial charge in [-0.3, -0.25) is 4.72 Å². The van der Waals surface area contributed by atoms with Crippen molar-refractivity contribution < 1.29 is 8.42 Å². The number of anilines is 2. The lowest BCUT2D eigenvalue weighted by atomic mass is 10.3. The predicted molar refractivity (Wildman–Crippen MR) is 71.4 cm³/mol. The maximum absolute atomic E-state index is 12.1. The van der Waals surface area contributed by atoms with Gasteiger partial charge in [-0.05, 0) is 24.6 Å². The molecule has 0 aliphatic rings. The summed E-state index contributed by atoms with van der Waals surface area (Å²) in [6, 6.07) is 3.42. The van der Waals surface area contributed by atoms with Crippen LogP contribution in [0.3, 0.4) is 0 Å². The van der Waals surface area contributed by atoms with Gasteiger partial charge in [-0.1, -0.05) is 0 Å². The zero-order valence-electron chi connectivity index (χ0n) is 10.5. The Kier molecular flexibility index (Phi) is 3.61. The van der Waals surface area contributed by atoms with Gasteiger partial charge in [0, 0.05) is 13.2 Å². The molecule has 2 aromatic rings. The van der Waals surface area contributed by atoms with Crippen LogP contribution in [0.25, 0.3) is 0 Å². The van der Waals surface area contributed by atoms with E-state index in [4.69, 9.17) is 0 Å². The van der Waals surface area contributed by atoms with Crippen LogP contribution in [-0.2, 0) is 10.0 Å². The third-order valence-corrected chi connectivity index (χ3v) is 3.63. The fourth-order valence-electron chi connectivity index (χ4n) is 1.37. The Labute approximate surface area is 111 Å². The smallest absolute Gasteiger partial charge is 0.266 e.